The van der Waals surface area contributed by atoms with Gasteiger partial charge in [-0.25, -0.2) is 0 Å². The van der Waals surface area contributed by atoms with Gasteiger partial charge in [0.2, 0.25) is 0 Å². The Morgan fingerprint density at radius 1 is 1.47 bits per heavy atom. The van der Waals surface area contributed by atoms with Gasteiger partial charge in [-0.3, -0.25) is 14.8 Å². The van der Waals surface area contributed by atoms with Crippen molar-refractivity contribution >= 4 is 5.69 Å². The Kier molecular flexibility index (Phi) is 4.22. The van der Waals surface area contributed by atoms with E-state index in [-0.39, 0.29) is 22.6 Å². The molecule has 0 aliphatic heterocycles. The SMILES string of the molecule is CNC(C)Cc1c([N+](=O)[O-])c(C(C)C)nn1C. The molecule has 0 aliphatic rings. The largest absolute Gasteiger partial charge is 0.317 e. The van der Waals surface area contributed by atoms with Crippen LogP contribution in [0.25, 0.3) is 0 Å². The van der Waals surface area contributed by atoms with Crippen LogP contribution >= 0.6 is 0 Å². The second-order valence-corrected chi connectivity index (χ2v) is 4.61. The number of hydrogen-bond acceptors (Lipinski definition) is 4. The van der Waals surface area contributed by atoms with Crippen LogP contribution in [0.1, 0.15) is 38.1 Å². The standard InChI is InChI=1S/C11H20N4O2/c1-7(2)10-11(15(16)17)9(14(5)13-10)6-8(3)12-4/h7-8,12H,6H2,1-5H3. The third-order valence-electron chi connectivity index (χ3n) is 2.89. The van der Waals surface area contributed by atoms with Crippen LogP contribution in [0.2, 0.25) is 0 Å². The number of aromatic nitrogens is 2. The number of rotatable bonds is 5. The van der Waals surface area contributed by atoms with E-state index >= 15 is 0 Å². The zero-order valence-electron chi connectivity index (χ0n) is 11.0. The first-order chi connectivity index (χ1) is 7.88. The Hall–Kier alpha value is -1.43. The molecule has 6 heteroatoms. The zero-order chi connectivity index (χ0) is 13.2. The molecule has 0 saturated carbocycles. The van der Waals surface area contributed by atoms with Crippen LogP contribution in [0.15, 0.2) is 0 Å². The maximum Gasteiger partial charge on any atom is 0.313 e. The summed E-state index contributed by atoms with van der Waals surface area (Å²) in [6.07, 6.45) is 0.600. The van der Waals surface area contributed by atoms with E-state index in [1.54, 1.807) is 11.7 Å². The molecule has 0 spiro atoms. The molecule has 1 rings (SSSR count). The third kappa shape index (κ3) is 2.82. The summed E-state index contributed by atoms with van der Waals surface area (Å²) in [5, 5.41) is 18.5. The molecule has 1 heterocycles. The van der Waals surface area contributed by atoms with Gasteiger partial charge in [-0.15, -0.1) is 0 Å². The van der Waals surface area contributed by atoms with Gasteiger partial charge in [0.15, 0.2) is 0 Å². The van der Waals surface area contributed by atoms with Crippen molar-refractivity contribution in [3.05, 3.63) is 21.5 Å². The van der Waals surface area contributed by atoms with Crippen LogP contribution < -0.4 is 5.32 Å². The van der Waals surface area contributed by atoms with Crippen molar-refractivity contribution in [1.29, 1.82) is 0 Å². The maximum absolute atomic E-state index is 11.2. The minimum Gasteiger partial charge on any atom is -0.317 e. The first-order valence-corrected chi connectivity index (χ1v) is 5.75. The topological polar surface area (TPSA) is 73.0 Å². The average Bonchev–Trinajstić information content (AvgIpc) is 2.56. The lowest BCUT2D eigenvalue weighted by Gasteiger charge is -2.09. The number of nitro groups is 1. The van der Waals surface area contributed by atoms with Gasteiger partial charge in [-0.05, 0) is 14.0 Å². The molecule has 0 bridgehead atoms. The molecule has 1 atom stereocenters. The summed E-state index contributed by atoms with van der Waals surface area (Å²) in [6.45, 7) is 5.83. The van der Waals surface area contributed by atoms with Crippen LogP contribution in [-0.2, 0) is 13.5 Å². The molecule has 0 saturated heterocycles. The predicted molar refractivity (Wildman–Crippen MR) is 66.2 cm³/mol. The van der Waals surface area contributed by atoms with Crippen molar-refractivity contribution in [1.82, 2.24) is 15.1 Å². The number of likely N-dealkylation sites (N-methyl/N-ethyl adjacent to an activating group) is 1. The molecule has 0 amide bonds. The molecule has 0 aromatic carbocycles. The first-order valence-electron chi connectivity index (χ1n) is 5.75. The summed E-state index contributed by atoms with van der Waals surface area (Å²) in [6, 6.07) is 0.184. The predicted octanol–water partition coefficient (Wildman–Crippen LogP) is 1.60. The van der Waals surface area contributed by atoms with Crippen molar-refractivity contribution < 1.29 is 4.92 Å². The quantitative estimate of drug-likeness (QED) is 0.626. The molecule has 96 valence electrons. The lowest BCUT2D eigenvalue weighted by atomic mass is 10.1. The van der Waals surface area contributed by atoms with Gasteiger partial charge in [-0.1, -0.05) is 13.8 Å². The molecule has 1 aromatic heterocycles. The van der Waals surface area contributed by atoms with Crippen LogP contribution in [0.4, 0.5) is 5.69 Å². The molecule has 0 aliphatic carbocycles. The van der Waals surface area contributed by atoms with E-state index < -0.39 is 0 Å². The molecule has 0 fully saturated rings. The first kappa shape index (κ1) is 13.6. The van der Waals surface area contributed by atoms with Gasteiger partial charge < -0.3 is 5.32 Å². The van der Waals surface area contributed by atoms with Crippen molar-refractivity contribution in [3.8, 4) is 0 Å². The maximum atomic E-state index is 11.2. The molecule has 1 N–H and O–H groups in total. The van der Waals surface area contributed by atoms with Crippen LogP contribution in [-0.4, -0.2) is 27.8 Å². The second-order valence-electron chi connectivity index (χ2n) is 4.61. The average molecular weight is 240 g/mol. The van der Waals surface area contributed by atoms with E-state index in [2.05, 4.69) is 10.4 Å². The minimum atomic E-state index is -0.319. The summed E-state index contributed by atoms with van der Waals surface area (Å²) in [7, 11) is 3.60. The fraction of sp³-hybridized carbons (Fsp3) is 0.727. The van der Waals surface area contributed by atoms with Gasteiger partial charge in [-0.2, -0.15) is 5.10 Å². The van der Waals surface area contributed by atoms with E-state index in [1.165, 1.54) is 0 Å². The number of hydrogen-bond donors (Lipinski definition) is 1. The van der Waals surface area contributed by atoms with Crippen molar-refractivity contribution in [2.45, 2.75) is 39.2 Å². The van der Waals surface area contributed by atoms with Crippen LogP contribution in [0, 0.1) is 10.1 Å². The number of aryl methyl sites for hydroxylation is 1. The Morgan fingerprint density at radius 3 is 2.47 bits per heavy atom. The van der Waals surface area contributed by atoms with E-state index in [0.29, 0.717) is 17.8 Å². The smallest absolute Gasteiger partial charge is 0.313 e. The Bertz CT molecular complexity index is 412. The van der Waals surface area contributed by atoms with E-state index in [9.17, 15) is 10.1 Å². The van der Waals surface area contributed by atoms with E-state index in [4.69, 9.17) is 0 Å². The van der Waals surface area contributed by atoms with E-state index in [0.717, 1.165) is 0 Å². The fourth-order valence-corrected chi connectivity index (χ4v) is 1.78. The lowest BCUT2D eigenvalue weighted by molar-refractivity contribution is -0.386. The summed E-state index contributed by atoms with van der Waals surface area (Å²) >= 11 is 0. The highest BCUT2D eigenvalue weighted by Gasteiger charge is 2.28. The number of nitrogens with one attached hydrogen (secondary N) is 1. The van der Waals surface area contributed by atoms with Gasteiger partial charge in [0.25, 0.3) is 0 Å². The summed E-state index contributed by atoms with van der Waals surface area (Å²) in [5.74, 6) is 0.0558. The second kappa shape index (κ2) is 5.27. The summed E-state index contributed by atoms with van der Waals surface area (Å²) < 4.78 is 1.63. The molecular formula is C11H20N4O2. The van der Waals surface area contributed by atoms with Gasteiger partial charge >= 0.3 is 5.69 Å². The molecule has 1 unspecified atom stereocenters. The monoisotopic (exact) mass is 240 g/mol. The minimum absolute atomic E-state index is 0.0558. The third-order valence-corrected chi connectivity index (χ3v) is 2.89. The molecule has 6 nitrogen and oxygen atoms in total. The normalized spacial score (nSPS) is 13.1. The van der Waals surface area contributed by atoms with E-state index in [1.807, 2.05) is 27.8 Å². The fourth-order valence-electron chi connectivity index (χ4n) is 1.78. The van der Waals surface area contributed by atoms with Crippen molar-refractivity contribution in [2.24, 2.45) is 7.05 Å². The highest BCUT2D eigenvalue weighted by Crippen LogP contribution is 2.29. The highest BCUT2D eigenvalue weighted by atomic mass is 16.6. The Morgan fingerprint density at radius 2 is 2.06 bits per heavy atom. The molecule has 17 heavy (non-hydrogen) atoms. The highest BCUT2D eigenvalue weighted by molar-refractivity contribution is 5.43. The summed E-state index contributed by atoms with van der Waals surface area (Å²) in [4.78, 5) is 10.8. The lowest BCUT2D eigenvalue weighted by Crippen LogP contribution is -2.25. The molecular weight excluding hydrogens is 220 g/mol. The Balaban J connectivity index is 3.23. The van der Waals surface area contributed by atoms with Gasteiger partial charge in [0.05, 0.1) is 4.92 Å². The Labute approximate surface area is 101 Å². The molecule has 0 radical (unpaired) electrons. The summed E-state index contributed by atoms with van der Waals surface area (Å²) in [5.41, 5.74) is 1.42. The van der Waals surface area contributed by atoms with Crippen LogP contribution in [0.5, 0.6) is 0 Å². The van der Waals surface area contributed by atoms with Gasteiger partial charge in [0, 0.05) is 25.4 Å². The van der Waals surface area contributed by atoms with Gasteiger partial charge in [0.1, 0.15) is 11.4 Å². The number of nitrogens with zero attached hydrogens (tertiary/aromatic N) is 3. The molecule has 1 aromatic rings. The zero-order valence-corrected chi connectivity index (χ0v) is 11.0. The van der Waals surface area contributed by atoms with Crippen LogP contribution in [0.3, 0.4) is 0 Å². The van der Waals surface area contributed by atoms with Crippen molar-refractivity contribution in [3.63, 3.8) is 0 Å². The van der Waals surface area contributed by atoms with Crippen molar-refractivity contribution in [2.75, 3.05) is 7.05 Å².